The lowest BCUT2D eigenvalue weighted by Gasteiger charge is -2.37. The van der Waals surface area contributed by atoms with Gasteiger partial charge in [-0.05, 0) is 24.6 Å². The van der Waals surface area contributed by atoms with E-state index in [0.29, 0.717) is 18.1 Å². The minimum atomic E-state index is -0.205. The van der Waals surface area contributed by atoms with Crippen LogP contribution in [0.5, 0.6) is 0 Å². The molecule has 6 heteroatoms. The fourth-order valence-electron chi connectivity index (χ4n) is 3.31. The van der Waals surface area contributed by atoms with Gasteiger partial charge in [-0.25, -0.2) is 4.39 Å². The molecule has 1 heterocycles. The van der Waals surface area contributed by atoms with Crippen LogP contribution in [0.1, 0.15) is 18.1 Å². The van der Waals surface area contributed by atoms with Crippen LogP contribution in [-0.4, -0.2) is 47.9 Å². The van der Waals surface area contributed by atoms with E-state index in [1.54, 1.807) is 6.07 Å². The minimum Gasteiger partial charge on any atom is -0.351 e. The van der Waals surface area contributed by atoms with E-state index in [-0.39, 0.29) is 17.8 Å². The van der Waals surface area contributed by atoms with Crippen molar-refractivity contribution < 1.29 is 9.18 Å². The topological polar surface area (TPSA) is 35.6 Å². The summed E-state index contributed by atoms with van der Waals surface area (Å²) >= 11 is 6.14. The van der Waals surface area contributed by atoms with Gasteiger partial charge in [-0.3, -0.25) is 14.6 Å². The highest BCUT2D eigenvalue weighted by Crippen LogP contribution is 2.15. The van der Waals surface area contributed by atoms with Crippen molar-refractivity contribution >= 4 is 17.5 Å². The molecule has 0 spiro atoms. The average molecular weight is 390 g/mol. The smallest absolute Gasteiger partial charge is 0.237 e. The maximum atomic E-state index is 13.8. The molecule has 1 N–H and O–H groups in total. The Morgan fingerprint density at radius 3 is 2.37 bits per heavy atom. The molecular formula is C21H25ClFN3O. The first-order chi connectivity index (χ1) is 13.0. The first-order valence-corrected chi connectivity index (χ1v) is 9.63. The van der Waals surface area contributed by atoms with E-state index in [2.05, 4.69) is 15.1 Å². The average Bonchev–Trinajstić information content (AvgIpc) is 2.69. The van der Waals surface area contributed by atoms with Gasteiger partial charge in [0, 0.05) is 49.9 Å². The van der Waals surface area contributed by atoms with E-state index in [1.165, 1.54) is 6.07 Å². The van der Waals surface area contributed by atoms with Gasteiger partial charge in [0.1, 0.15) is 5.82 Å². The Kier molecular flexibility index (Phi) is 6.83. The van der Waals surface area contributed by atoms with Crippen LogP contribution in [0.15, 0.2) is 48.5 Å². The second-order valence-corrected chi connectivity index (χ2v) is 7.30. The zero-order valence-electron chi connectivity index (χ0n) is 15.5. The number of benzene rings is 2. The van der Waals surface area contributed by atoms with Crippen molar-refractivity contribution in [1.29, 1.82) is 0 Å². The fraction of sp³-hybridized carbons (Fsp3) is 0.381. The normalized spacial score (nSPS) is 16.9. The maximum Gasteiger partial charge on any atom is 0.237 e. The molecule has 1 amide bonds. The molecule has 2 aromatic rings. The third-order valence-corrected chi connectivity index (χ3v) is 5.47. The second-order valence-electron chi connectivity index (χ2n) is 6.89. The predicted molar refractivity (Wildman–Crippen MR) is 106 cm³/mol. The van der Waals surface area contributed by atoms with Crippen molar-refractivity contribution in [2.24, 2.45) is 0 Å². The van der Waals surface area contributed by atoms with Gasteiger partial charge in [0.2, 0.25) is 5.91 Å². The van der Waals surface area contributed by atoms with Crippen LogP contribution in [-0.2, 0) is 17.9 Å². The largest absolute Gasteiger partial charge is 0.351 e. The lowest BCUT2D eigenvalue weighted by molar-refractivity contribution is -0.126. The highest BCUT2D eigenvalue weighted by atomic mass is 35.5. The van der Waals surface area contributed by atoms with E-state index in [0.717, 1.165) is 37.3 Å². The van der Waals surface area contributed by atoms with Crippen molar-refractivity contribution in [3.63, 3.8) is 0 Å². The molecule has 0 radical (unpaired) electrons. The van der Waals surface area contributed by atoms with Gasteiger partial charge in [0.05, 0.1) is 6.04 Å². The number of hydrogen-bond acceptors (Lipinski definition) is 3. The number of amides is 1. The Balaban J connectivity index is 1.46. The molecule has 0 saturated carbocycles. The molecule has 0 bridgehead atoms. The van der Waals surface area contributed by atoms with Gasteiger partial charge in [-0.1, -0.05) is 48.0 Å². The van der Waals surface area contributed by atoms with Crippen LogP contribution in [0, 0.1) is 5.82 Å². The standard InChI is InChI=1S/C21H25ClFN3O/c1-16(21(27)24-14-17-6-2-4-8-19(17)22)26-12-10-25(11-13-26)15-18-7-3-5-9-20(18)23/h2-9,16H,10-15H2,1H3,(H,24,27)/t16-/m1/s1. The molecule has 1 aliphatic heterocycles. The van der Waals surface area contributed by atoms with Crippen LogP contribution in [0.3, 0.4) is 0 Å². The summed E-state index contributed by atoms with van der Waals surface area (Å²) < 4.78 is 13.8. The van der Waals surface area contributed by atoms with Crippen LogP contribution in [0.2, 0.25) is 5.02 Å². The Bertz CT molecular complexity index is 778. The first kappa shape index (κ1) is 19.8. The fourth-order valence-corrected chi connectivity index (χ4v) is 3.52. The molecule has 1 atom stereocenters. The van der Waals surface area contributed by atoms with Crippen molar-refractivity contribution in [3.8, 4) is 0 Å². The van der Waals surface area contributed by atoms with Crippen molar-refractivity contribution in [1.82, 2.24) is 15.1 Å². The summed E-state index contributed by atoms with van der Waals surface area (Å²) in [7, 11) is 0. The maximum absolute atomic E-state index is 13.8. The van der Waals surface area contributed by atoms with E-state index in [1.807, 2.05) is 43.3 Å². The van der Waals surface area contributed by atoms with Crippen LogP contribution >= 0.6 is 11.6 Å². The summed E-state index contributed by atoms with van der Waals surface area (Å²) in [5.74, 6) is -0.162. The Morgan fingerprint density at radius 1 is 1.07 bits per heavy atom. The molecule has 1 saturated heterocycles. The summed E-state index contributed by atoms with van der Waals surface area (Å²) in [5, 5.41) is 3.63. The molecule has 0 unspecified atom stereocenters. The molecule has 27 heavy (non-hydrogen) atoms. The molecule has 1 aliphatic rings. The van der Waals surface area contributed by atoms with E-state index >= 15 is 0 Å². The van der Waals surface area contributed by atoms with Crippen LogP contribution in [0.4, 0.5) is 4.39 Å². The Morgan fingerprint density at radius 2 is 1.70 bits per heavy atom. The predicted octanol–water partition coefficient (Wildman–Crippen LogP) is 3.30. The lowest BCUT2D eigenvalue weighted by atomic mass is 10.1. The molecule has 0 aliphatic carbocycles. The molecule has 144 valence electrons. The molecule has 4 nitrogen and oxygen atoms in total. The number of nitrogens with zero attached hydrogens (tertiary/aromatic N) is 2. The van der Waals surface area contributed by atoms with E-state index < -0.39 is 0 Å². The number of piperazine rings is 1. The van der Waals surface area contributed by atoms with E-state index in [4.69, 9.17) is 11.6 Å². The monoisotopic (exact) mass is 389 g/mol. The minimum absolute atomic E-state index is 0.00234. The van der Waals surface area contributed by atoms with Gasteiger partial charge in [0.25, 0.3) is 0 Å². The van der Waals surface area contributed by atoms with Gasteiger partial charge >= 0.3 is 0 Å². The van der Waals surface area contributed by atoms with Crippen molar-refractivity contribution in [2.75, 3.05) is 26.2 Å². The lowest BCUT2D eigenvalue weighted by Crippen LogP contribution is -2.53. The van der Waals surface area contributed by atoms with Gasteiger partial charge in [0.15, 0.2) is 0 Å². The van der Waals surface area contributed by atoms with E-state index in [9.17, 15) is 9.18 Å². The number of hydrogen-bond donors (Lipinski definition) is 1. The molecule has 2 aromatic carbocycles. The number of carbonyl (C=O) groups excluding carboxylic acids is 1. The second kappa shape index (κ2) is 9.31. The third-order valence-electron chi connectivity index (χ3n) is 5.10. The summed E-state index contributed by atoms with van der Waals surface area (Å²) in [6.07, 6.45) is 0. The summed E-state index contributed by atoms with van der Waals surface area (Å²) in [6.45, 7) is 6.16. The molecule has 3 rings (SSSR count). The molecular weight excluding hydrogens is 365 g/mol. The zero-order chi connectivity index (χ0) is 19.2. The summed E-state index contributed by atoms with van der Waals surface area (Å²) in [4.78, 5) is 16.9. The highest BCUT2D eigenvalue weighted by molar-refractivity contribution is 6.31. The number of rotatable bonds is 6. The van der Waals surface area contributed by atoms with Crippen molar-refractivity contribution in [3.05, 3.63) is 70.5 Å². The summed E-state index contributed by atoms with van der Waals surface area (Å²) in [5.41, 5.74) is 1.63. The van der Waals surface area contributed by atoms with Gasteiger partial charge in [-0.15, -0.1) is 0 Å². The third kappa shape index (κ3) is 5.28. The Hall–Kier alpha value is -1.95. The number of halogens is 2. The SMILES string of the molecule is C[C@H](C(=O)NCc1ccccc1Cl)N1CCN(Cc2ccccc2F)CC1. The first-order valence-electron chi connectivity index (χ1n) is 9.25. The highest BCUT2D eigenvalue weighted by Gasteiger charge is 2.25. The number of carbonyl (C=O) groups is 1. The molecule has 0 aromatic heterocycles. The number of nitrogens with one attached hydrogen (secondary N) is 1. The Labute approximate surface area is 164 Å². The quantitative estimate of drug-likeness (QED) is 0.823. The van der Waals surface area contributed by atoms with Crippen molar-refractivity contribution in [2.45, 2.75) is 26.1 Å². The van der Waals surface area contributed by atoms with Gasteiger partial charge < -0.3 is 5.32 Å². The van der Waals surface area contributed by atoms with Crippen LogP contribution in [0.25, 0.3) is 0 Å². The van der Waals surface area contributed by atoms with Crippen LogP contribution < -0.4 is 5.32 Å². The van der Waals surface area contributed by atoms with Gasteiger partial charge in [-0.2, -0.15) is 0 Å². The molecule has 1 fully saturated rings. The zero-order valence-corrected chi connectivity index (χ0v) is 16.3. The summed E-state index contributed by atoms with van der Waals surface area (Å²) in [6, 6.07) is 14.2.